The molecule has 0 aromatic carbocycles. The number of halogens is 1. The summed E-state index contributed by atoms with van der Waals surface area (Å²) in [6.45, 7) is 4.75. The average molecular weight is 347 g/mol. The van der Waals surface area contributed by atoms with E-state index in [9.17, 15) is 0 Å². The Morgan fingerprint density at radius 1 is 1.14 bits per heavy atom. The van der Waals surface area contributed by atoms with Crippen molar-refractivity contribution in [3.63, 3.8) is 0 Å². The predicted octanol–water partition coefficient (Wildman–Crippen LogP) is 3.07. The highest BCUT2D eigenvalue weighted by atomic mass is 79.9. The molecule has 0 N–H and O–H groups in total. The summed E-state index contributed by atoms with van der Waals surface area (Å²) in [6, 6.07) is 4.88. The first-order valence-corrected chi connectivity index (χ1v) is 8.50. The van der Waals surface area contributed by atoms with Gasteiger partial charge in [0, 0.05) is 42.5 Å². The summed E-state index contributed by atoms with van der Waals surface area (Å²) in [5, 5.41) is 0. The van der Waals surface area contributed by atoms with Crippen molar-refractivity contribution < 1.29 is 0 Å². The van der Waals surface area contributed by atoms with Crippen LogP contribution in [0.3, 0.4) is 0 Å². The standard InChI is InChI=1S/C16H19BrN4/c17-12-9-14-16(19-10-12)15(4-5-18-14)21-8-2-7-20-6-1-3-13(20)11-21/h4-5,9-10,13H,1-3,6-8,11H2. The zero-order valence-electron chi connectivity index (χ0n) is 12.0. The van der Waals surface area contributed by atoms with Gasteiger partial charge in [-0.1, -0.05) is 0 Å². The molecule has 0 amide bonds. The third-order valence-electron chi connectivity index (χ3n) is 4.67. The molecule has 0 saturated carbocycles. The minimum Gasteiger partial charge on any atom is -0.368 e. The van der Waals surface area contributed by atoms with Crippen molar-refractivity contribution in [1.29, 1.82) is 0 Å². The van der Waals surface area contributed by atoms with Crippen LogP contribution in [0, 0.1) is 0 Å². The van der Waals surface area contributed by atoms with Gasteiger partial charge in [0.2, 0.25) is 0 Å². The van der Waals surface area contributed by atoms with Crippen LogP contribution in [0.15, 0.2) is 29.0 Å². The molecule has 4 nitrogen and oxygen atoms in total. The Balaban J connectivity index is 1.72. The average Bonchev–Trinajstić information content (AvgIpc) is 2.83. The fourth-order valence-electron chi connectivity index (χ4n) is 3.67. The Kier molecular flexibility index (Phi) is 3.55. The van der Waals surface area contributed by atoms with E-state index >= 15 is 0 Å². The first-order chi connectivity index (χ1) is 10.3. The van der Waals surface area contributed by atoms with Crippen LogP contribution >= 0.6 is 15.9 Å². The largest absolute Gasteiger partial charge is 0.368 e. The molecular formula is C16H19BrN4. The molecule has 21 heavy (non-hydrogen) atoms. The molecule has 2 saturated heterocycles. The van der Waals surface area contributed by atoms with Crippen molar-refractivity contribution in [1.82, 2.24) is 14.9 Å². The predicted molar refractivity (Wildman–Crippen MR) is 88.7 cm³/mol. The van der Waals surface area contributed by atoms with Crippen LogP contribution in [-0.4, -0.2) is 47.1 Å². The monoisotopic (exact) mass is 346 g/mol. The molecule has 2 aliphatic rings. The van der Waals surface area contributed by atoms with Crippen LogP contribution in [0.25, 0.3) is 11.0 Å². The van der Waals surface area contributed by atoms with Crippen molar-refractivity contribution in [3.05, 3.63) is 29.0 Å². The van der Waals surface area contributed by atoms with E-state index in [0.29, 0.717) is 6.04 Å². The summed E-state index contributed by atoms with van der Waals surface area (Å²) in [7, 11) is 0. The quantitative estimate of drug-likeness (QED) is 0.794. The molecular weight excluding hydrogens is 328 g/mol. The molecule has 4 rings (SSSR count). The molecule has 1 atom stereocenters. The van der Waals surface area contributed by atoms with E-state index in [1.165, 1.54) is 38.0 Å². The van der Waals surface area contributed by atoms with Gasteiger partial charge in [0.15, 0.2) is 0 Å². The van der Waals surface area contributed by atoms with Crippen LogP contribution in [-0.2, 0) is 0 Å². The molecule has 4 heterocycles. The number of anilines is 1. The van der Waals surface area contributed by atoms with Gasteiger partial charge < -0.3 is 4.90 Å². The van der Waals surface area contributed by atoms with E-state index in [0.717, 1.165) is 28.6 Å². The molecule has 2 aromatic rings. The zero-order chi connectivity index (χ0) is 14.2. The lowest BCUT2D eigenvalue weighted by Crippen LogP contribution is -2.36. The van der Waals surface area contributed by atoms with Gasteiger partial charge >= 0.3 is 0 Å². The van der Waals surface area contributed by atoms with E-state index < -0.39 is 0 Å². The highest BCUT2D eigenvalue weighted by Gasteiger charge is 2.29. The number of rotatable bonds is 1. The fourth-order valence-corrected chi connectivity index (χ4v) is 3.99. The molecule has 0 aliphatic carbocycles. The molecule has 110 valence electrons. The third-order valence-corrected chi connectivity index (χ3v) is 5.10. The molecule has 0 radical (unpaired) electrons. The van der Waals surface area contributed by atoms with Crippen LogP contribution in [0.2, 0.25) is 0 Å². The molecule has 2 aliphatic heterocycles. The van der Waals surface area contributed by atoms with Gasteiger partial charge in [0.25, 0.3) is 0 Å². The van der Waals surface area contributed by atoms with E-state index in [1.54, 1.807) is 0 Å². The summed E-state index contributed by atoms with van der Waals surface area (Å²) in [6.07, 6.45) is 7.69. The van der Waals surface area contributed by atoms with Crippen molar-refractivity contribution >= 4 is 32.7 Å². The van der Waals surface area contributed by atoms with Gasteiger partial charge in [-0.15, -0.1) is 0 Å². The molecule has 2 aromatic heterocycles. The number of aromatic nitrogens is 2. The Labute approximate surface area is 133 Å². The zero-order valence-corrected chi connectivity index (χ0v) is 13.6. The van der Waals surface area contributed by atoms with Gasteiger partial charge in [-0.2, -0.15) is 0 Å². The smallest absolute Gasteiger partial charge is 0.112 e. The number of hydrogen-bond donors (Lipinski definition) is 0. The van der Waals surface area contributed by atoms with Gasteiger partial charge in [0.1, 0.15) is 5.52 Å². The first kappa shape index (κ1) is 13.5. The number of hydrogen-bond acceptors (Lipinski definition) is 4. The van der Waals surface area contributed by atoms with Crippen LogP contribution < -0.4 is 4.90 Å². The Morgan fingerprint density at radius 3 is 3.00 bits per heavy atom. The van der Waals surface area contributed by atoms with E-state index in [-0.39, 0.29) is 0 Å². The van der Waals surface area contributed by atoms with Crippen molar-refractivity contribution in [2.24, 2.45) is 0 Å². The molecule has 0 spiro atoms. The number of pyridine rings is 2. The lowest BCUT2D eigenvalue weighted by Gasteiger charge is -2.27. The van der Waals surface area contributed by atoms with Crippen molar-refractivity contribution in [3.8, 4) is 0 Å². The summed E-state index contributed by atoms with van der Waals surface area (Å²) >= 11 is 3.48. The maximum Gasteiger partial charge on any atom is 0.112 e. The second kappa shape index (κ2) is 5.54. The fraction of sp³-hybridized carbons (Fsp3) is 0.500. The Morgan fingerprint density at radius 2 is 2.05 bits per heavy atom. The second-order valence-corrected chi connectivity index (χ2v) is 6.90. The highest BCUT2D eigenvalue weighted by Crippen LogP contribution is 2.29. The summed E-state index contributed by atoms with van der Waals surface area (Å²) in [4.78, 5) is 14.2. The topological polar surface area (TPSA) is 32.3 Å². The van der Waals surface area contributed by atoms with Crippen LogP contribution in [0.5, 0.6) is 0 Å². The minimum absolute atomic E-state index is 0.714. The van der Waals surface area contributed by atoms with Gasteiger partial charge in [-0.3, -0.25) is 14.9 Å². The Hall–Kier alpha value is -1.20. The SMILES string of the molecule is Brc1cnc2c(N3CCCN4CCCC4C3)ccnc2c1. The highest BCUT2D eigenvalue weighted by molar-refractivity contribution is 9.10. The number of fused-ring (bicyclic) bond motifs is 2. The maximum atomic E-state index is 4.61. The van der Waals surface area contributed by atoms with E-state index in [4.69, 9.17) is 0 Å². The molecule has 1 unspecified atom stereocenters. The molecule has 5 heteroatoms. The van der Waals surface area contributed by atoms with Crippen molar-refractivity contribution in [2.45, 2.75) is 25.3 Å². The molecule has 0 bridgehead atoms. The second-order valence-electron chi connectivity index (χ2n) is 5.98. The first-order valence-electron chi connectivity index (χ1n) is 7.70. The number of nitrogens with zero attached hydrogens (tertiary/aromatic N) is 4. The van der Waals surface area contributed by atoms with Gasteiger partial charge in [0.05, 0.1) is 11.2 Å². The van der Waals surface area contributed by atoms with Crippen LogP contribution in [0.1, 0.15) is 19.3 Å². The van der Waals surface area contributed by atoms with Crippen molar-refractivity contribution in [2.75, 3.05) is 31.1 Å². The van der Waals surface area contributed by atoms with Gasteiger partial charge in [-0.05, 0) is 53.9 Å². The van der Waals surface area contributed by atoms with E-state index in [2.05, 4.69) is 41.8 Å². The lowest BCUT2D eigenvalue weighted by atomic mass is 10.2. The normalized spacial score (nSPS) is 23.3. The molecule has 2 fully saturated rings. The summed E-state index contributed by atoms with van der Waals surface area (Å²) < 4.78 is 0.984. The third kappa shape index (κ3) is 2.53. The summed E-state index contributed by atoms with van der Waals surface area (Å²) in [5.74, 6) is 0. The summed E-state index contributed by atoms with van der Waals surface area (Å²) in [5.41, 5.74) is 3.22. The Bertz CT molecular complexity index is 660. The maximum absolute atomic E-state index is 4.61. The van der Waals surface area contributed by atoms with E-state index in [1.807, 2.05) is 18.5 Å². The van der Waals surface area contributed by atoms with Crippen LogP contribution in [0.4, 0.5) is 5.69 Å². The lowest BCUT2D eigenvalue weighted by molar-refractivity contribution is 0.273. The van der Waals surface area contributed by atoms with Gasteiger partial charge in [-0.25, -0.2) is 0 Å². The minimum atomic E-state index is 0.714.